The molecule has 7 heavy (non-hydrogen) atoms. The second-order valence-electron chi connectivity index (χ2n) is 1.03. The second-order valence-corrected chi connectivity index (χ2v) is 1.03. The van der Waals surface area contributed by atoms with Crippen molar-refractivity contribution in [2.75, 3.05) is 6.54 Å². The van der Waals surface area contributed by atoms with Gasteiger partial charge in [-0.1, -0.05) is 6.58 Å². The number of rotatable bonds is 3. The third-order valence-electron chi connectivity index (χ3n) is 0.429. The molecule has 0 radical (unpaired) electrons. The molecule has 40 valence electrons. The summed E-state index contributed by atoms with van der Waals surface area (Å²) in [6.45, 7) is 6.30. The van der Waals surface area contributed by atoms with E-state index in [0.717, 1.165) is 6.54 Å². The van der Waals surface area contributed by atoms with Gasteiger partial charge in [0.1, 0.15) is 0 Å². The van der Waals surface area contributed by atoms with Crippen LogP contribution in [0.2, 0.25) is 0 Å². The Hall–Kier alpha value is -0.790. The van der Waals surface area contributed by atoms with Gasteiger partial charge in [-0.15, -0.1) is 0 Å². The molecule has 0 aliphatic carbocycles. The first-order valence-electron chi connectivity index (χ1n) is 2.28. The molecule has 1 N–H and O–H groups in total. The molecular weight excluding hydrogens is 88.1 g/mol. The standard InChI is InChI=1S/C5H10N2/c1-3-5-7-6-4-2/h3,5-6H,1,4H2,2H3. The highest BCUT2D eigenvalue weighted by Crippen LogP contribution is 1.55. The lowest BCUT2D eigenvalue weighted by Crippen LogP contribution is -2.01. The SMILES string of the molecule is C=CC=NNCC. The van der Waals surface area contributed by atoms with E-state index in [2.05, 4.69) is 17.1 Å². The molecule has 0 bridgehead atoms. The maximum Gasteiger partial charge on any atom is 0.0462 e. The van der Waals surface area contributed by atoms with Crippen molar-refractivity contribution in [2.45, 2.75) is 6.92 Å². The highest BCUT2D eigenvalue weighted by Gasteiger charge is 1.60. The van der Waals surface area contributed by atoms with Crippen molar-refractivity contribution in [3.8, 4) is 0 Å². The Morgan fingerprint density at radius 3 is 3.00 bits per heavy atom. The summed E-state index contributed by atoms with van der Waals surface area (Å²) >= 11 is 0. The Morgan fingerprint density at radius 1 is 1.86 bits per heavy atom. The van der Waals surface area contributed by atoms with Crippen LogP contribution in [-0.4, -0.2) is 12.8 Å². The maximum atomic E-state index is 3.72. The summed E-state index contributed by atoms with van der Waals surface area (Å²) < 4.78 is 0. The van der Waals surface area contributed by atoms with Crippen LogP contribution in [0.3, 0.4) is 0 Å². The fraction of sp³-hybridized carbons (Fsp3) is 0.400. The Kier molecular flexibility index (Phi) is 4.62. The summed E-state index contributed by atoms with van der Waals surface area (Å²) in [5, 5.41) is 3.72. The van der Waals surface area contributed by atoms with Gasteiger partial charge in [0.2, 0.25) is 0 Å². The van der Waals surface area contributed by atoms with E-state index in [-0.39, 0.29) is 0 Å². The molecule has 0 saturated carbocycles. The van der Waals surface area contributed by atoms with E-state index >= 15 is 0 Å². The van der Waals surface area contributed by atoms with Crippen molar-refractivity contribution in [2.24, 2.45) is 5.10 Å². The number of hydrogen-bond donors (Lipinski definition) is 1. The molecule has 0 fully saturated rings. The normalized spacial score (nSPS) is 9.29. The fourth-order valence-corrected chi connectivity index (χ4v) is 0.197. The minimum Gasteiger partial charge on any atom is -0.310 e. The zero-order valence-electron chi connectivity index (χ0n) is 4.52. The van der Waals surface area contributed by atoms with Crippen molar-refractivity contribution >= 4 is 6.21 Å². The van der Waals surface area contributed by atoms with Gasteiger partial charge >= 0.3 is 0 Å². The molecule has 0 rings (SSSR count). The van der Waals surface area contributed by atoms with Crippen LogP contribution in [0.25, 0.3) is 0 Å². The molecule has 0 spiro atoms. The zero-order chi connectivity index (χ0) is 5.54. The van der Waals surface area contributed by atoms with Crippen LogP contribution in [0.4, 0.5) is 0 Å². The molecule has 0 aromatic rings. The second kappa shape index (κ2) is 5.21. The van der Waals surface area contributed by atoms with Gasteiger partial charge in [0, 0.05) is 12.8 Å². The lowest BCUT2D eigenvalue weighted by Gasteiger charge is -1.85. The zero-order valence-corrected chi connectivity index (χ0v) is 4.52. The quantitative estimate of drug-likeness (QED) is 0.409. The van der Waals surface area contributed by atoms with Crippen LogP contribution in [0, 0.1) is 0 Å². The van der Waals surface area contributed by atoms with Gasteiger partial charge in [-0.2, -0.15) is 5.10 Å². The molecule has 0 aromatic carbocycles. The highest BCUT2D eigenvalue weighted by atomic mass is 15.3. The average Bonchev–Trinajstić information content (AvgIpc) is 1.69. The van der Waals surface area contributed by atoms with Crippen LogP contribution in [0.15, 0.2) is 17.8 Å². The molecule has 2 nitrogen and oxygen atoms in total. The number of nitrogens with zero attached hydrogens (tertiary/aromatic N) is 1. The molecule has 0 aromatic heterocycles. The molecule has 0 atom stereocenters. The summed E-state index contributed by atoms with van der Waals surface area (Å²) in [5.74, 6) is 0. The van der Waals surface area contributed by atoms with Crippen LogP contribution in [0.1, 0.15) is 6.92 Å². The lowest BCUT2D eigenvalue weighted by molar-refractivity contribution is 0.788. The first kappa shape index (κ1) is 6.21. The van der Waals surface area contributed by atoms with Crippen LogP contribution < -0.4 is 5.43 Å². The largest absolute Gasteiger partial charge is 0.310 e. The van der Waals surface area contributed by atoms with Crippen LogP contribution in [0.5, 0.6) is 0 Å². The fourth-order valence-electron chi connectivity index (χ4n) is 0.197. The number of nitrogens with one attached hydrogen (secondary N) is 1. The molecule has 0 aliphatic heterocycles. The first-order valence-corrected chi connectivity index (χ1v) is 2.28. The van der Waals surface area contributed by atoms with Crippen molar-refractivity contribution in [3.63, 3.8) is 0 Å². The predicted molar refractivity (Wildman–Crippen MR) is 32.4 cm³/mol. The number of allylic oxidation sites excluding steroid dienone is 1. The summed E-state index contributed by atoms with van der Waals surface area (Å²) in [6, 6.07) is 0. The first-order chi connectivity index (χ1) is 3.41. The Balaban J connectivity index is 2.92. The average molecular weight is 98.1 g/mol. The van der Waals surface area contributed by atoms with Gasteiger partial charge in [-0.05, 0) is 13.0 Å². The summed E-state index contributed by atoms with van der Waals surface area (Å²) in [4.78, 5) is 0. The van der Waals surface area contributed by atoms with Gasteiger partial charge in [-0.3, -0.25) is 0 Å². The van der Waals surface area contributed by atoms with E-state index in [1.807, 2.05) is 6.92 Å². The molecule has 0 unspecified atom stereocenters. The molecule has 0 heterocycles. The monoisotopic (exact) mass is 98.1 g/mol. The Bertz CT molecular complexity index is 66.5. The highest BCUT2D eigenvalue weighted by molar-refractivity contribution is 5.69. The van der Waals surface area contributed by atoms with E-state index in [9.17, 15) is 0 Å². The van der Waals surface area contributed by atoms with Crippen molar-refractivity contribution in [3.05, 3.63) is 12.7 Å². The smallest absolute Gasteiger partial charge is 0.0462 e. The van der Waals surface area contributed by atoms with E-state index in [0.29, 0.717) is 0 Å². The van der Waals surface area contributed by atoms with E-state index in [1.165, 1.54) is 0 Å². The van der Waals surface area contributed by atoms with E-state index < -0.39 is 0 Å². The third kappa shape index (κ3) is 5.21. The molecule has 2 heteroatoms. The Morgan fingerprint density at radius 2 is 2.57 bits per heavy atom. The maximum absolute atomic E-state index is 3.72. The Labute approximate surface area is 43.9 Å². The third-order valence-corrected chi connectivity index (χ3v) is 0.429. The molecule has 0 aliphatic rings. The van der Waals surface area contributed by atoms with Crippen LogP contribution >= 0.6 is 0 Å². The summed E-state index contributed by atoms with van der Waals surface area (Å²) in [6.07, 6.45) is 3.24. The van der Waals surface area contributed by atoms with Crippen molar-refractivity contribution in [1.29, 1.82) is 0 Å². The molecule has 0 amide bonds. The topological polar surface area (TPSA) is 24.4 Å². The lowest BCUT2D eigenvalue weighted by atomic mass is 10.7. The molecule has 0 saturated heterocycles. The molecular formula is C5H10N2. The minimum absolute atomic E-state index is 0.865. The van der Waals surface area contributed by atoms with Gasteiger partial charge in [-0.25, -0.2) is 0 Å². The van der Waals surface area contributed by atoms with Gasteiger partial charge in [0.25, 0.3) is 0 Å². The van der Waals surface area contributed by atoms with Crippen molar-refractivity contribution < 1.29 is 0 Å². The number of hydrazone groups is 1. The van der Waals surface area contributed by atoms with Crippen LogP contribution in [-0.2, 0) is 0 Å². The van der Waals surface area contributed by atoms with E-state index in [4.69, 9.17) is 0 Å². The van der Waals surface area contributed by atoms with Gasteiger partial charge in [0.05, 0.1) is 0 Å². The van der Waals surface area contributed by atoms with E-state index in [1.54, 1.807) is 12.3 Å². The summed E-state index contributed by atoms with van der Waals surface area (Å²) in [5.41, 5.74) is 2.75. The van der Waals surface area contributed by atoms with Gasteiger partial charge in [0.15, 0.2) is 0 Å². The van der Waals surface area contributed by atoms with Crippen molar-refractivity contribution in [1.82, 2.24) is 5.43 Å². The predicted octanol–water partition coefficient (Wildman–Crippen LogP) is 0.768. The summed E-state index contributed by atoms with van der Waals surface area (Å²) in [7, 11) is 0. The minimum atomic E-state index is 0.865. The number of hydrogen-bond acceptors (Lipinski definition) is 2. The van der Waals surface area contributed by atoms with Gasteiger partial charge < -0.3 is 5.43 Å².